The fourth-order valence-corrected chi connectivity index (χ4v) is 15.6. The van der Waals surface area contributed by atoms with Gasteiger partial charge in [0.15, 0.2) is 11.6 Å². The molecule has 19 rings (SSSR count). The maximum atomic E-state index is 7.12. The van der Waals surface area contributed by atoms with Crippen LogP contribution in [0.25, 0.3) is 112 Å². The van der Waals surface area contributed by atoms with E-state index in [2.05, 4.69) is 303 Å². The lowest BCUT2D eigenvalue weighted by molar-refractivity contribution is 0.437. The first kappa shape index (κ1) is 53.5. The second-order valence-corrected chi connectivity index (χ2v) is 24.6. The number of nitrogens with zero attached hydrogens (tertiary/aromatic N) is 4. The number of fused-ring (bicyclic) bond motifs is 18. The van der Waals surface area contributed by atoms with Crippen molar-refractivity contribution in [3.8, 4) is 135 Å². The molecule has 2 aliphatic heterocycles. The maximum absolute atomic E-state index is 7.12. The Bertz CT molecular complexity index is 5130. The van der Waals surface area contributed by atoms with E-state index in [1.165, 1.54) is 44.5 Å². The van der Waals surface area contributed by atoms with Crippen molar-refractivity contribution in [1.82, 2.24) is 19.9 Å². The third kappa shape index (κ3) is 8.03. The van der Waals surface area contributed by atoms with Crippen LogP contribution in [0, 0.1) is 0 Å². The number of para-hydroxylation sites is 4. The molecule has 4 heterocycles. The summed E-state index contributed by atoms with van der Waals surface area (Å²) in [7, 11) is 0. The van der Waals surface area contributed by atoms with Crippen LogP contribution in [0.15, 0.2) is 328 Å². The van der Waals surface area contributed by atoms with E-state index in [0.717, 1.165) is 124 Å². The second kappa shape index (κ2) is 21.1. The zero-order valence-electron chi connectivity index (χ0n) is 50.8. The van der Waals surface area contributed by atoms with Gasteiger partial charge in [0, 0.05) is 55.6 Å². The Kier molecular flexibility index (Phi) is 12.0. The van der Waals surface area contributed by atoms with E-state index in [1.807, 2.05) is 24.3 Å². The summed E-state index contributed by atoms with van der Waals surface area (Å²) in [5.41, 5.74) is 26.3. The molecule has 0 radical (unpaired) electrons. The number of ether oxygens (including phenoxy) is 2. The van der Waals surface area contributed by atoms with Gasteiger partial charge in [-0.05, 0) is 109 Å². The van der Waals surface area contributed by atoms with E-state index in [1.54, 1.807) is 0 Å². The first-order chi connectivity index (χ1) is 46.6. The summed E-state index contributed by atoms with van der Waals surface area (Å²) in [5.74, 6) is 4.51. The van der Waals surface area contributed by atoms with Crippen LogP contribution >= 0.6 is 0 Å². The molecule has 0 saturated carbocycles. The topological polar surface area (TPSA) is 70.0 Å². The lowest BCUT2D eigenvalue weighted by atomic mass is 9.65. The zero-order valence-corrected chi connectivity index (χ0v) is 50.8. The second-order valence-electron chi connectivity index (χ2n) is 24.6. The van der Waals surface area contributed by atoms with E-state index in [9.17, 15) is 0 Å². The van der Waals surface area contributed by atoms with E-state index in [4.69, 9.17) is 29.4 Å². The van der Waals surface area contributed by atoms with E-state index in [-0.39, 0.29) is 0 Å². The minimum absolute atomic E-state index is 0.601. The van der Waals surface area contributed by atoms with Gasteiger partial charge in [-0.15, -0.1) is 0 Å². The predicted octanol–water partition coefficient (Wildman–Crippen LogP) is 21.5. The van der Waals surface area contributed by atoms with Crippen LogP contribution in [0.3, 0.4) is 0 Å². The molecule has 6 nitrogen and oxygen atoms in total. The molecule has 0 N–H and O–H groups in total. The molecule has 2 aliphatic carbocycles. The number of hydrogen-bond donors (Lipinski definition) is 0. The van der Waals surface area contributed by atoms with Crippen molar-refractivity contribution >= 4 is 0 Å². The molecular weight excluding hydrogens is 1140 g/mol. The number of benzene rings is 13. The third-order valence-corrected chi connectivity index (χ3v) is 19.7. The largest absolute Gasteiger partial charge is 0.456 e. The highest BCUT2D eigenvalue weighted by Gasteiger charge is 2.53. The predicted molar refractivity (Wildman–Crippen MR) is 376 cm³/mol. The summed E-state index contributed by atoms with van der Waals surface area (Å²) in [6.45, 7) is 0. The van der Waals surface area contributed by atoms with Gasteiger partial charge in [-0.25, -0.2) is 19.9 Å². The molecule has 15 aromatic rings. The Labute approximate surface area is 544 Å². The van der Waals surface area contributed by atoms with Gasteiger partial charge in [-0.1, -0.05) is 285 Å². The van der Waals surface area contributed by atoms with Crippen molar-refractivity contribution in [1.29, 1.82) is 0 Å². The van der Waals surface area contributed by atoms with Crippen molar-refractivity contribution in [2.24, 2.45) is 0 Å². The van der Waals surface area contributed by atoms with Crippen LogP contribution < -0.4 is 9.47 Å². The molecule has 13 aromatic carbocycles. The molecule has 2 aromatic heterocycles. The summed E-state index contributed by atoms with van der Waals surface area (Å²) < 4.78 is 14.2. The normalized spacial score (nSPS) is 13.4. The molecule has 0 atom stereocenters. The summed E-state index contributed by atoms with van der Waals surface area (Å²) >= 11 is 0. The van der Waals surface area contributed by atoms with Crippen molar-refractivity contribution in [3.63, 3.8) is 0 Å². The van der Waals surface area contributed by atoms with Crippen LogP contribution in [0.2, 0.25) is 0 Å². The SMILES string of the molecule is c1ccc(-c2cc(-c3cccc4c3Oc3ccccc3C43c4ccccc4-c4ccccc43)nc(-c3ccc(-c4cccc(-c5ccc(-c6cc(-c7cccc8c7Oc7ccccc7C87c8ccccc8-c8ccccc87)nc(-c7ccccc7)n6)cc5)c4)cc3)n2)cc1. The molecule has 0 bridgehead atoms. The number of aromatic nitrogens is 4. The minimum atomic E-state index is -0.602. The van der Waals surface area contributed by atoms with E-state index in [0.29, 0.717) is 11.6 Å². The molecule has 94 heavy (non-hydrogen) atoms. The first-order valence-corrected chi connectivity index (χ1v) is 32.0. The monoisotopic (exact) mass is 1200 g/mol. The van der Waals surface area contributed by atoms with Gasteiger partial charge in [0.2, 0.25) is 0 Å². The Morgan fingerprint density at radius 1 is 0.191 bits per heavy atom. The number of hydrogen-bond acceptors (Lipinski definition) is 6. The summed E-state index contributed by atoms with van der Waals surface area (Å²) in [4.78, 5) is 21.4. The van der Waals surface area contributed by atoms with Gasteiger partial charge < -0.3 is 9.47 Å². The van der Waals surface area contributed by atoms with Crippen LogP contribution in [-0.2, 0) is 10.8 Å². The molecule has 4 aliphatic rings. The quantitative estimate of drug-likeness (QED) is 0.151. The zero-order chi connectivity index (χ0) is 61.9. The molecule has 6 heteroatoms. The van der Waals surface area contributed by atoms with Gasteiger partial charge in [0.25, 0.3) is 0 Å². The third-order valence-electron chi connectivity index (χ3n) is 19.7. The molecule has 0 saturated heterocycles. The minimum Gasteiger partial charge on any atom is -0.456 e. The average Bonchev–Trinajstić information content (AvgIpc) is 1.48. The van der Waals surface area contributed by atoms with Gasteiger partial charge >= 0.3 is 0 Å². The Morgan fingerprint density at radius 3 is 0.915 bits per heavy atom. The highest BCUT2D eigenvalue weighted by Crippen LogP contribution is 2.65. The Hall–Kier alpha value is -12.4. The lowest BCUT2D eigenvalue weighted by Gasteiger charge is -2.40. The molecule has 2 spiro atoms. The van der Waals surface area contributed by atoms with Crippen LogP contribution in [0.5, 0.6) is 23.0 Å². The Balaban J connectivity index is 0.664. The lowest BCUT2D eigenvalue weighted by Crippen LogP contribution is -2.32. The smallest absolute Gasteiger partial charge is 0.160 e. The molecule has 0 fully saturated rings. The van der Waals surface area contributed by atoms with E-state index >= 15 is 0 Å². The average molecular weight is 1200 g/mol. The van der Waals surface area contributed by atoms with Crippen molar-refractivity contribution in [2.45, 2.75) is 10.8 Å². The van der Waals surface area contributed by atoms with E-state index < -0.39 is 10.8 Å². The summed E-state index contributed by atoms with van der Waals surface area (Å²) in [6, 6.07) is 116. The fraction of sp³-hybridized carbons (Fsp3) is 0.0227. The van der Waals surface area contributed by atoms with Gasteiger partial charge in [-0.3, -0.25) is 0 Å². The van der Waals surface area contributed by atoms with Crippen LogP contribution in [0.4, 0.5) is 0 Å². The van der Waals surface area contributed by atoms with Gasteiger partial charge in [0.1, 0.15) is 23.0 Å². The highest BCUT2D eigenvalue weighted by molar-refractivity contribution is 5.93. The number of rotatable bonds is 8. The van der Waals surface area contributed by atoms with Crippen LogP contribution in [0.1, 0.15) is 44.5 Å². The highest BCUT2D eigenvalue weighted by atomic mass is 16.5. The van der Waals surface area contributed by atoms with Gasteiger partial charge in [-0.2, -0.15) is 0 Å². The fourth-order valence-electron chi connectivity index (χ4n) is 15.6. The standard InChI is InChI=1S/C88H54N4O2/c1-3-22-57(23-4-1)77-53-79(67-32-20-40-75-83(67)93-81-42-17-15-38-73(81)87(75)69-34-11-7-28-63(69)64-29-8-12-35-70(64)87)92-86(89-77)60-50-46-56(47-51-60)62-27-19-26-61(52-62)55-44-48-58(49-45-55)78-54-80(91-85(90-78)59-24-5-2-6-25-59)68-33-21-41-76-84(68)94-82-43-18-16-39-74(82)88(76)71-36-13-9-30-65(71)66-31-10-14-37-72(66)88/h1-54H. The van der Waals surface area contributed by atoms with Crippen LogP contribution in [-0.4, -0.2) is 19.9 Å². The maximum Gasteiger partial charge on any atom is 0.160 e. The van der Waals surface area contributed by atoms with Gasteiger partial charge in [0.05, 0.1) is 33.6 Å². The van der Waals surface area contributed by atoms with Crippen molar-refractivity contribution in [2.75, 3.05) is 0 Å². The van der Waals surface area contributed by atoms with Crippen molar-refractivity contribution < 1.29 is 9.47 Å². The summed E-state index contributed by atoms with van der Waals surface area (Å²) in [5, 5.41) is 0. The Morgan fingerprint density at radius 2 is 0.479 bits per heavy atom. The molecule has 438 valence electrons. The first-order valence-electron chi connectivity index (χ1n) is 32.0. The molecular formula is C88H54N4O2. The molecule has 0 unspecified atom stereocenters. The molecule has 0 amide bonds. The summed E-state index contributed by atoms with van der Waals surface area (Å²) in [6.07, 6.45) is 0. The van der Waals surface area contributed by atoms with Crippen molar-refractivity contribution in [3.05, 3.63) is 372 Å².